The number of carbonyl (C=O) groups excluding carboxylic acids is 2. The quantitative estimate of drug-likeness (QED) is 0.278. The molecule has 14 heteroatoms. The van der Waals surface area contributed by atoms with Gasteiger partial charge in [-0.15, -0.1) is 0 Å². The molecule has 0 N–H and O–H groups in total. The molecule has 2 heterocycles. The minimum atomic E-state index is -4.61. The molecule has 240 valence electrons. The van der Waals surface area contributed by atoms with E-state index in [-0.39, 0.29) is 35.5 Å². The van der Waals surface area contributed by atoms with Gasteiger partial charge in [0.2, 0.25) is 12.2 Å². The molecule has 4 atom stereocenters. The van der Waals surface area contributed by atoms with Gasteiger partial charge in [-0.3, -0.25) is 0 Å². The summed E-state index contributed by atoms with van der Waals surface area (Å²) in [5.74, 6) is -2.44. The second-order valence-corrected chi connectivity index (χ2v) is 9.30. The van der Waals surface area contributed by atoms with Gasteiger partial charge >= 0.3 is 24.3 Å². The summed E-state index contributed by atoms with van der Waals surface area (Å²) in [5.41, 5.74) is -1.10. The number of esters is 2. The predicted molar refractivity (Wildman–Crippen MR) is 145 cm³/mol. The van der Waals surface area contributed by atoms with Crippen LogP contribution in [-0.2, 0) is 40.9 Å². The van der Waals surface area contributed by atoms with Crippen LogP contribution in [0.5, 0.6) is 11.5 Å². The molecule has 0 spiro atoms. The Morgan fingerprint density at radius 2 is 1.05 bits per heavy atom. The number of halogens is 6. The third kappa shape index (κ3) is 7.02. The number of hydrogen-bond donors (Lipinski definition) is 0. The van der Waals surface area contributed by atoms with Crippen molar-refractivity contribution in [2.75, 3.05) is 27.4 Å². The summed E-state index contributed by atoms with van der Waals surface area (Å²) in [6.07, 6.45) is -13.7. The summed E-state index contributed by atoms with van der Waals surface area (Å²) in [6.45, 7) is 10.8. The van der Waals surface area contributed by atoms with Gasteiger partial charge in [-0.2, -0.15) is 26.3 Å². The van der Waals surface area contributed by atoms with Crippen molar-refractivity contribution in [3.63, 3.8) is 0 Å². The Labute approximate surface area is 249 Å². The van der Waals surface area contributed by atoms with Crippen LogP contribution in [0.15, 0.2) is 49.6 Å². The number of fused-ring (bicyclic) bond motifs is 2. The fourth-order valence-corrected chi connectivity index (χ4v) is 4.65. The number of hydrogen-bond acceptors (Lipinski definition) is 8. The van der Waals surface area contributed by atoms with E-state index in [0.717, 1.165) is 12.1 Å². The lowest BCUT2D eigenvalue weighted by molar-refractivity contribution is -0.159. The van der Waals surface area contributed by atoms with Crippen molar-refractivity contribution in [1.82, 2.24) is 0 Å². The second kappa shape index (κ2) is 13.7. The highest BCUT2D eigenvalue weighted by atomic mass is 19.4. The standard InChI is InChI=1S/2C15H15F3O4/c2*1-4-21-14(19)13-11(20-3)8(2)9-6-5-7-10(12(9)22-13)15(16,17)18/h2*5-7,11,13H,2,4H2,1,3H3/t11-,13+;11-,13-/m10/s1. The molecular weight excluding hydrogens is 602 g/mol. The van der Waals surface area contributed by atoms with Gasteiger partial charge in [0.25, 0.3) is 0 Å². The first kappa shape index (κ1) is 34.5. The SMILES string of the molecule is C=C1c2cccc(C(F)(F)F)c2O[C@H](C(=O)OCC)[C@@H]1OC.C=C1c2cccc(C(F)(F)F)c2O[C@H](C(=O)OCC)[C@H]1OC. The van der Waals surface area contributed by atoms with E-state index in [9.17, 15) is 35.9 Å². The van der Waals surface area contributed by atoms with E-state index in [1.165, 1.54) is 38.5 Å². The maximum Gasteiger partial charge on any atom is 0.419 e. The molecule has 0 radical (unpaired) electrons. The average molecular weight is 633 g/mol. The van der Waals surface area contributed by atoms with Crippen molar-refractivity contribution in [1.29, 1.82) is 0 Å². The lowest BCUT2D eigenvalue weighted by atomic mass is 9.92. The van der Waals surface area contributed by atoms with Crippen molar-refractivity contribution >= 4 is 23.1 Å². The Balaban J connectivity index is 0.000000240. The van der Waals surface area contributed by atoms with Crippen LogP contribution in [0, 0.1) is 0 Å². The highest BCUT2D eigenvalue weighted by Crippen LogP contribution is 2.46. The van der Waals surface area contributed by atoms with E-state index >= 15 is 0 Å². The summed E-state index contributed by atoms with van der Waals surface area (Å²) >= 11 is 0. The summed E-state index contributed by atoms with van der Waals surface area (Å²) in [7, 11) is 2.65. The monoisotopic (exact) mass is 632 g/mol. The number of alkyl halides is 6. The lowest BCUT2D eigenvalue weighted by Gasteiger charge is -2.34. The fraction of sp³-hybridized carbons (Fsp3) is 0.400. The molecule has 4 rings (SSSR count). The van der Waals surface area contributed by atoms with E-state index in [0.29, 0.717) is 0 Å². The largest absolute Gasteiger partial charge is 0.474 e. The maximum absolute atomic E-state index is 13.1. The van der Waals surface area contributed by atoms with Crippen LogP contribution in [0.4, 0.5) is 26.3 Å². The first-order chi connectivity index (χ1) is 20.6. The Morgan fingerprint density at radius 3 is 1.32 bits per heavy atom. The van der Waals surface area contributed by atoms with Crippen LogP contribution in [0.25, 0.3) is 11.1 Å². The summed E-state index contributed by atoms with van der Waals surface area (Å²) in [6, 6.07) is 7.19. The van der Waals surface area contributed by atoms with Gasteiger partial charge in [-0.25, -0.2) is 9.59 Å². The van der Waals surface area contributed by atoms with Gasteiger partial charge in [0.15, 0.2) is 0 Å². The minimum Gasteiger partial charge on any atom is -0.474 e. The Kier molecular flexibility index (Phi) is 10.7. The minimum absolute atomic E-state index is 0.0787. The van der Waals surface area contributed by atoms with Crippen molar-refractivity contribution in [2.45, 2.75) is 50.6 Å². The van der Waals surface area contributed by atoms with Crippen molar-refractivity contribution in [3.8, 4) is 11.5 Å². The van der Waals surface area contributed by atoms with E-state index < -0.39 is 71.3 Å². The first-order valence-corrected chi connectivity index (χ1v) is 13.1. The maximum atomic E-state index is 13.1. The number of methoxy groups -OCH3 is 2. The lowest BCUT2D eigenvalue weighted by Crippen LogP contribution is -2.45. The number of rotatable bonds is 6. The molecule has 0 unspecified atom stereocenters. The zero-order chi connectivity index (χ0) is 33.0. The third-order valence-corrected chi connectivity index (χ3v) is 6.60. The molecule has 2 aliphatic rings. The Bertz CT molecular complexity index is 1300. The van der Waals surface area contributed by atoms with E-state index in [4.69, 9.17) is 28.4 Å². The molecular formula is C30H30F6O8. The second-order valence-electron chi connectivity index (χ2n) is 9.30. The van der Waals surface area contributed by atoms with E-state index in [1.54, 1.807) is 13.8 Å². The van der Waals surface area contributed by atoms with Crippen molar-refractivity contribution in [3.05, 3.63) is 71.8 Å². The van der Waals surface area contributed by atoms with Gasteiger partial charge in [-0.1, -0.05) is 37.4 Å². The molecule has 8 nitrogen and oxygen atoms in total. The first-order valence-electron chi connectivity index (χ1n) is 13.1. The molecule has 2 aromatic rings. The highest BCUT2D eigenvalue weighted by Gasteiger charge is 2.45. The number of carbonyl (C=O) groups is 2. The van der Waals surface area contributed by atoms with Gasteiger partial charge in [0, 0.05) is 25.3 Å². The summed E-state index contributed by atoms with van der Waals surface area (Å²) < 4.78 is 109. The average Bonchev–Trinajstić information content (AvgIpc) is 2.96. The van der Waals surface area contributed by atoms with Crippen LogP contribution in [0.1, 0.15) is 36.1 Å². The van der Waals surface area contributed by atoms with E-state index in [1.807, 2.05) is 0 Å². The zero-order valence-corrected chi connectivity index (χ0v) is 24.1. The van der Waals surface area contributed by atoms with Gasteiger partial charge in [0.1, 0.15) is 23.7 Å². The molecule has 0 fully saturated rings. The van der Waals surface area contributed by atoms with Gasteiger partial charge < -0.3 is 28.4 Å². The summed E-state index contributed by atoms with van der Waals surface area (Å²) in [5, 5.41) is 0. The zero-order valence-electron chi connectivity index (χ0n) is 24.1. The number of ether oxygens (including phenoxy) is 6. The molecule has 44 heavy (non-hydrogen) atoms. The smallest absolute Gasteiger partial charge is 0.419 e. The molecule has 0 saturated carbocycles. The molecule has 0 saturated heterocycles. The molecule has 0 aliphatic carbocycles. The van der Waals surface area contributed by atoms with Gasteiger partial charge in [-0.05, 0) is 37.1 Å². The van der Waals surface area contributed by atoms with Crippen LogP contribution >= 0.6 is 0 Å². The van der Waals surface area contributed by atoms with Crippen LogP contribution in [-0.4, -0.2) is 63.8 Å². The van der Waals surface area contributed by atoms with Gasteiger partial charge in [0.05, 0.1) is 24.3 Å². The molecule has 0 amide bonds. The fourth-order valence-electron chi connectivity index (χ4n) is 4.65. The van der Waals surface area contributed by atoms with Crippen molar-refractivity contribution < 1.29 is 64.4 Å². The van der Waals surface area contributed by atoms with Crippen molar-refractivity contribution in [2.24, 2.45) is 0 Å². The van der Waals surface area contributed by atoms with Crippen LogP contribution in [0.2, 0.25) is 0 Å². The molecule has 0 aromatic heterocycles. The Morgan fingerprint density at radius 1 is 0.705 bits per heavy atom. The molecule has 2 aromatic carbocycles. The van der Waals surface area contributed by atoms with E-state index in [2.05, 4.69) is 13.2 Å². The molecule has 2 aliphatic heterocycles. The predicted octanol–water partition coefficient (Wildman–Crippen LogP) is 6.12. The topological polar surface area (TPSA) is 89.5 Å². The number of para-hydroxylation sites is 2. The third-order valence-electron chi connectivity index (χ3n) is 6.60. The molecule has 0 bridgehead atoms. The number of benzene rings is 2. The van der Waals surface area contributed by atoms with Crippen LogP contribution < -0.4 is 9.47 Å². The normalized spacial score (nSPS) is 21.0. The Hall–Kier alpha value is -4.04. The highest BCUT2D eigenvalue weighted by molar-refractivity contribution is 5.86. The summed E-state index contributed by atoms with van der Waals surface area (Å²) in [4.78, 5) is 23.9. The van der Waals surface area contributed by atoms with Crippen LogP contribution in [0.3, 0.4) is 0 Å².